The number of piperidine rings is 2. The van der Waals surface area contributed by atoms with Crippen molar-refractivity contribution < 1.29 is 14.6 Å². The van der Waals surface area contributed by atoms with E-state index in [1.54, 1.807) is 6.08 Å². The number of rotatable bonds is 8. The van der Waals surface area contributed by atoms with Gasteiger partial charge < -0.3 is 25.0 Å². The predicted octanol–water partition coefficient (Wildman–Crippen LogP) is 5.65. The lowest BCUT2D eigenvalue weighted by atomic mass is 9.72. The smallest absolute Gasteiger partial charge is 0.246 e. The first-order chi connectivity index (χ1) is 20.5. The van der Waals surface area contributed by atoms with Crippen molar-refractivity contribution in [2.24, 2.45) is 5.92 Å². The molecule has 1 atom stereocenters. The summed E-state index contributed by atoms with van der Waals surface area (Å²) in [5.74, 6) is 1.05. The number of aliphatic hydroxyl groups is 1. The summed E-state index contributed by atoms with van der Waals surface area (Å²) in [6.07, 6.45) is 7.13. The Morgan fingerprint density at radius 1 is 1.02 bits per heavy atom. The van der Waals surface area contributed by atoms with Crippen LogP contribution >= 0.6 is 0 Å². The number of aryl methyl sites for hydroxylation is 1. The molecule has 0 saturated carbocycles. The van der Waals surface area contributed by atoms with Gasteiger partial charge in [0.05, 0.1) is 6.10 Å². The van der Waals surface area contributed by atoms with E-state index in [9.17, 15) is 9.90 Å². The van der Waals surface area contributed by atoms with E-state index in [-0.39, 0.29) is 23.3 Å². The van der Waals surface area contributed by atoms with Crippen LogP contribution in [0.5, 0.6) is 5.75 Å². The van der Waals surface area contributed by atoms with Gasteiger partial charge in [0.15, 0.2) is 0 Å². The third-order valence-corrected chi connectivity index (χ3v) is 9.60. The molecule has 0 aliphatic carbocycles. The summed E-state index contributed by atoms with van der Waals surface area (Å²) >= 11 is 0. The second-order valence-electron chi connectivity index (χ2n) is 12.3. The fraction of sp³-hybridized carbons (Fsp3) is 0.417. The van der Waals surface area contributed by atoms with Crippen LogP contribution in [0.1, 0.15) is 47.9 Å². The Morgan fingerprint density at radius 2 is 1.79 bits per heavy atom. The second kappa shape index (κ2) is 12.7. The topological polar surface area (TPSA) is 65.0 Å². The molecule has 42 heavy (non-hydrogen) atoms. The van der Waals surface area contributed by atoms with Crippen molar-refractivity contribution in [1.29, 1.82) is 0 Å². The molecule has 2 fully saturated rings. The quantitative estimate of drug-likeness (QED) is 0.346. The van der Waals surface area contributed by atoms with Gasteiger partial charge in [-0.1, -0.05) is 54.6 Å². The minimum atomic E-state index is -0.346. The first-order valence-electron chi connectivity index (χ1n) is 15.5. The van der Waals surface area contributed by atoms with Crippen molar-refractivity contribution in [3.63, 3.8) is 0 Å². The number of anilines is 1. The maximum atomic E-state index is 12.9. The van der Waals surface area contributed by atoms with Gasteiger partial charge in [-0.25, -0.2) is 0 Å². The van der Waals surface area contributed by atoms with Crippen LogP contribution in [0.15, 0.2) is 78.9 Å². The van der Waals surface area contributed by atoms with E-state index < -0.39 is 0 Å². The average Bonchev–Trinajstić information content (AvgIpc) is 3.39. The van der Waals surface area contributed by atoms with Crippen molar-refractivity contribution in [2.45, 2.75) is 50.7 Å². The molecule has 1 spiro atoms. The number of amides is 1. The summed E-state index contributed by atoms with van der Waals surface area (Å²) in [5, 5.41) is 14.8. The number of ether oxygens (including phenoxy) is 1. The van der Waals surface area contributed by atoms with Crippen LogP contribution in [-0.4, -0.2) is 66.2 Å². The van der Waals surface area contributed by atoms with E-state index >= 15 is 0 Å². The molecule has 3 aliphatic rings. The number of aliphatic hydroxyl groups excluding tert-OH is 1. The molecule has 220 valence electrons. The number of hydrogen-bond acceptors (Lipinski definition) is 5. The molecule has 6 rings (SSSR count). The number of hydrogen-bond donors (Lipinski definition) is 2. The first kappa shape index (κ1) is 28.5. The van der Waals surface area contributed by atoms with E-state index in [4.69, 9.17) is 4.74 Å². The summed E-state index contributed by atoms with van der Waals surface area (Å²) in [6.45, 7) is 7.92. The first-order valence-corrected chi connectivity index (χ1v) is 15.5. The maximum absolute atomic E-state index is 12.9. The molecular formula is C36H43N3O3. The Hall–Kier alpha value is -3.61. The van der Waals surface area contributed by atoms with Crippen LogP contribution < -0.4 is 10.1 Å². The van der Waals surface area contributed by atoms with Gasteiger partial charge in [0.2, 0.25) is 5.91 Å². The van der Waals surface area contributed by atoms with E-state index in [1.165, 1.54) is 16.8 Å². The number of carbonyl (C=O) groups is 1. The van der Waals surface area contributed by atoms with Crippen LogP contribution in [0, 0.1) is 12.8 Å². The summed E-state index contributed by atoms with van der Waals surface area (Å²) in [5.41, 5.74) is 6.51. The van der Waals surface area contributed by atoms with Crippen molar-refractivity contribution in [1.82, 2.24) is 9.80 Å². The van der Waals surface area contributed by atoms with Crippen molar-refractivity contribution in [2.75, 3.05) is 44.6 Å². The zero-order valence-corrected chi connectivity index (χ0v) is 24.7. The van der Waals surface area contributed by atoms with Gasteiger partial charge in [-0.2, -0.15) is 0 Å². The van der Waals surface area contributed by atoms with Crippen LogP contribution in [-0.2, 0) is 16.8 Å². The lowest BCUT2D eigenvalue weighted by Gasteiger charge is -2.42. The van der Waals surface area contributed by atoms with Crippen molar-refractivity contribution >= 4 is 17.7 Å². The molecule has 0 bridgehead atoms. The van der Waals surface area contributed by atoms with Crippen LogP contribution in [0.3, 0.4) is 0 Å². The molecule has 0 radical (unpaired) electrons. The van der Waals surface area contributed by atoms with E-state index in [2.05, 4.69) is 35.3 Å². The number of carbonyl (C=O) groups excluding carboxylic acids is 1. The minimum Gasteiger partial charge on any atom is -0.489 e. The Bertz CT molecular complexity index is 1390. The number of likely N-dealkylation sites (tertiary alicyclic amines) is 2. The monoisotopic (exact) mass is 565 g/mol. The third kappa shape index (κ3) is 6.40. The van der Waals surface area contributed by atoms with Crippen LogP contribution in [0.4, 0.5) is 5.69 Å². The van der Waals surface area contributed by atoms with Gasteiger partial charge in [-0.3, -0.25) is 4.79 Å². The lowest BCUT2D eigenvalue weighted by Crippen LogP contribution is -2.48. The highest BCUT2D eigenvalue weighted by atomic mass is 16.5. The molecule has 0 unspecified atom stereocenters. The Labute approximate surface area is 250 Å². The number of benzene rings is 3. The second-order valence-corrected chi connectivity index (χ2v) is 12.3. The molecule has 6 nitrogen and oxygen atoms in total. The molecule has 2 saturated heterocycles. The SMILES string of the molecule is Cc1cccc2c1C1(CCN(C[C@@H](O)C3CCN(C(=O)C=Cc4cccc(OCc5ccccc5)c4)CC3)CC1)CN2. The molecule has 6 heteroatoms. The van der Waals surface area contributed by atoms with Gasteiger partial charge >= 0.3 is 0 Å². The summed E-state index contributed by atoms with van der Waals surface area (Å²) in [7, 11) is 0. The van der Waals surface area contributed by atoms with Crippen LogP contribution in [0.25, 0.3) is 6.08 Å². The molecule has 3 aromatic carbocycles. The van der Waals surface area contributed by atoms with Gasteiger partial charge in [0.25, 0.3) is 0 Å². The third-order valence-electron chi connectivity index (χ3n) is 9.60. The zero-order chi connectivity index (χ0) is 28.9. The molecule has 2 N–H and O–H groups in total. The molecule has 3 aromatic rings. The normalized spacial score (nSPS) is 19.5. The Kier molecular flexibility index (Phi) is 8.63. The Morgan fingerprint density at radius 3 is 2.57 bits per heavy atom. The van der Waals surface area contributed by atoms with Gasteiger partial charge in [-0.05, 0) is 98.1 Å². The molecule has 3 heterocycles. The van der Waals surface area contributed by atoms with Gasteiger partial charge in [0, 0.05) is 43.4 Å². The molecule has 1 amide bonds. The number of nitrogens with zero attached hydrogens (tertiary/aromatic N) is 2. The summed E-state index contributed by atoms with van der Waals surface area (Å²) < 4.78 is 5.93. The Balaban J connectivity index is 0.945. The molecule has 3 aliphatic heterocycles. The number of β-amino-alcohol motifs (C(OH)–C–C–N with tert-alkyl or cyclic N) is 1. The summed E-state index contributed by atoms with van der Waals surface area (Å²) in [4.78, 5) is 17.3. The highest BCUT2D eigenvalue weighted by Gasteiger charge is 2.42. The maximum Gasteiger partial charge on any atom is 0.246 e. The fourth-order valence-electron chi connectivity index (χ4n) is 7.10. The average molecular weight is 566 g/mol. The molecular weight excluding hydrogens is 522 g/mol. The van der Waals surface area contributed by atoms with Gasteiger partial charge in [-0.15, -0.1) is 0 Å². The zero-order valence-electron chi connectivity index (χ0n) is 24.7. The number of nitrogens with one attached hydrogen (secondary N) is 1. The van der Waals surface area contributed by atoms with Gasteiger partial charge in [0.1, 0.15) is 12.4 Å². The fourth-order valence-corrected chi connectivity index (χ4v) is 7.10. The lowest BCUT2D eigenvalue weighted by molar-refractivity contribution is -0.128. The van der Waals surface area contributed by atoms with Crippen molar-refractivity contribution in [3.05, 3.63) is 101 Å². The number of fused-ring (bicyclic) bond motifs is 2. The highest BCUT2D eigenvalue weighted by molar-refractivity contribution is 5.91. The van der Waals surface area contributed by atoms with Crippen LogP contribution in [0.2, 0.25) is 0 Å². The minimum absolute atomic E-state index is 0.0284. The standard InChI is InChI=1S/C36H43N3O3/c1-27-7-5-12-32-35(27)36(26-37-32)17-21-38(22-18-36)24-33(40)30-15-19-39(20-16-30)34(41)14-13-28-10-6-11-31(23-28)42-25-29-8-3-2-4-9-29/h2-14,23,30,33,37,40H,15-22,24-26H2,1H3/t33-/m1/s1. The summed E-state index contributed by atoms with van der Waals surface area (Å²) in [6, 6.07) is 24.5. The van der Waals surface area contributed by atoms with E-state index in [0.29, 0.717) is 19.7 Å². The largest absolute Gasteiger partial charge is 0.489 e. The van der Waals surface area contributed by atoms with E-state index in [1.807, 2.05) is 65.6 Å². The van der Waals surface area contributed by atoms with E-state index in [0.717, 1.165) is 68.7 Å². The predicted molar refractivity (Wildman–Crippen MR) is 169 cm³/mol. The molecule has 0 aromatic heterocycles. The highest BCUT2D eigenvalue weighted by Crippen LogP contribution is 2.45. The van der Waals surface area contributed by atoms with Crippen molar-refractivity contribution in [3.8, 4) is 5.75 Å².